The van der Waals surface area contributed by atoms with Gasteiger partial charge >= 0.3 is 12.3 Å². The van der Waals surface area contributed by atoms with Gasteiger partial charge < -0.3 is 15.4 Å². The Balaban J connectivity index is 1.97. The van der Waals surface area contributed by atoms with E-state index in [0.717, 1.165) is 12.3 Å². The lowest BCUT2D eigenvalue weighted by Crippen LogP contribution is -2.13. The number of amides is 1. The van der Waals surface area contributed by atoms with Crippen molar-refractivity contribution in [2.24, 2.45) is 0 Å². The average Bonchev–Trinajstić information content (AvgIpc) is 2.73. The molecule has 12 heteroatoms. The van der Waals surface area contributed by atoms with Crippen LogP contribution in [0.15, 0.2) is 42.6 Å². The number of aromatic nitrogens is 4. The van der Waals surface area contributed by atoms with E-state index in [1.165, 1.54) is 13.2 Å². The number of alkyl halides is 3. The molecule has 0 radical (unpaired) electrons. The van der Waals surface area contributed by atoms with Gasteiger partial charge in [0.2, 0.25) is 0 Å². The molecule has 3 rings (SSSR count). The number of hydrogen-bond donors (Lipinski definition) is 3. The van der Waals surface area contributed by atoms with E-state index in [-0.39, 0.29) is 29.2 Å². The number of carbonyl (C=O) groups excluding carboxylic acids is 1. The lowest BCUT2D eigenvalue weighted by atomic mass is 10.3. The maximum atomic E-state index is 13.0. The largest absolute Gasteiger partial charge is 0.453 e. The molecule has 0 spiro atoms. The van der Waals surface area contributed by atoms with Gasteiger partial charge in [0.05, 0.1) is 7.11 Å². The molecule has 3 aromatic heterocycles. The smallest absolute Gasteiger partial charge is 0.433 e. The standard InChI is InChI=1S/C20H20F3N7O2/c1-11(2)25-16-10-17(26-12-7-8-24-14(9-12)20(21,22)23)29-18(28-16)13-5-4-6-15(27-13)30-19(31)32-3/h4-11H,1-3H3,(H,27,30,31)(H2,24,25,26,28,29). The Morgan fingerprint density at radius 3 is 2.47 bits per heavy atom. The minimum Gasteiger partial charge on any atom is -0.453 e. The summed E-state index contributed by atoms with van der Waals surface area (Å²) in [4.78, 5) is 27.9. The molecule has 3 heterocycles. The van der Waals surface area contributed by atoms with Crippen LogP contribution in [-0.4, -0.2) is 39.2 Å². The average molecular weight is 447 g/mol. The van der Waals surface area contributed by atoms with Crippen molar-refractivity contribution in [3.05, 3.63) is 48.3 Å². The van der Waals surface area contributed by atoms with Crippen LogP contribution in [0.4, 0.5) is 41.1 Å². The lowest BCUT2D eigenvalue weighted by Gasteiger charge is -2.14. The van der Waals surface area contributed by atoms with Crippen LogP contribution in [0.25, 0.3) is 11.5 Å². The molecule has 0 saturated heterocycles. The van der Waals surface area contributed by atoms with Gasteiger partial charge in [0.1, 0.15) is 28.8 Å². The third-order valence-electron chi connectivity index (χ3n) is 3.88. The Morgan fingerprint density at radius 2 is 1.78 bits per heavy atom. The van der Waals surface area contributed by atoms with Gasteiger partial charge in [-0.1, -0.05) is 6.07 Å². The van der Waals surface area contributed by atoms with Crippen LogP contribution in [0.1, 0.15) is 19.5 Å². The maximum Gasteiger partial charge on any atom is 0.433 e. The number of ether oxygens (including phenoxy) is 1. The highest BCUT2D eigenvalue weighted by Crippen LogP contribution is 2.30. The van der Waals surface area contributed by atoms with E-state index < -0.39 is 18.0 Å². The van der Waals surface area contributed by atoms with E-state index in [2.05, 4.69) is 40.6 Å². The predicted molar refractivity (Wildman–Crippen MR) is 113 cm³/mol. The summed E-state index contributed by atoms with van der Waals surface area (Å²) in [7, 11) is 1.23. The Hall–Kier alpha value is -3.96. The quantitative estimate of drug-likeness (QED) is 0.499. The molecule has 32 heavy (non-hydrogen) atoms. The molecule has 3 N–H and O–H groups in total. The zero-order chi connectivity index (χ0) is 23.3. The van der Waals surface area contributed by atoms with E-state index in [4.69, 9.17) is 0 Å². The number of carbonyl (C=O) groups is 1. The third-order valence-corrected chi connectivity index (χ3v) is 3.88. The monoisotopic (exact) mass is 447 g/mol. The summed E-state index contributed by atoms with van der Waals surface area (Å²) in [5, 5.41) is 8.43. The van der Waals surface area contributed by atoms with Crippen molar-refractivity contribution in [3.8, 4) is 11.5 Å². The second-order valence-electron chi connectivity index (χ2n) is 6.84. The van der Waals surface area contributed by atoms with Crippen molar-refractivity contribution in [3.63, 3.8) is 0 Å². The van der Waals surface area contributed by atoms with Crippen LogP contribution in [0.2, 0.25) is 0 Å². The van der Waals surface area contributed by atoms with Gasteiger partial charge in [-0.15, -0.1) is 0 Å². The summed E-state index contributed by atoms with van der Waals surface area (Å²) in [5.74, 6) is 1.09. The fourth-order valence-electron chi connectivity index (χ4n) is 2.59. The van der Waals surface area contributed by atoms with Gasteiger partial charge in [-0.2, -0.15) is 13.2 Å². The molecule has 0 fully saturated rings. The molecule has 0 aliphatic rings. The van der Waals surface area contributed by atoms with Crippen molar-refractivity contribution in [2.75, 3.05) is 23.1 Å². The SMILES string of the molecule is COC(=O)Nc1cccc(-c2nc(Nc3ccnc(C(F)(F)F)c3)cc(NC(C)C)n2)n1. The van der Waals surface area contributed by atoms with Crippen molar-refractivity contribution in [1.82, 2.24) is 19.9 Å². The molecule has 0 saturated carbocycles. The number of hydrogen-bond acceptors (Lipinski definition) is 8. The highest BCUT2D eigenvalue weighted by molar-refractivity contribution is 5.83. The van der Waals surface area contributed by atoms with Gasteiger partial charge in [-0.05, 0) is 38.1 Å². The van der Waals surface area contributed by atoms with Crippen molar-refractivity contribution in [2.45, 2.75) is 26.1 Å². The van der Waals surface area contributed by atoms with E-state index in [1.54, 1.807) is 24.3 Å². The third kappa shape index (κ3) is 6.03. The predicted octanol–water partition coefficient (Wildman–Crippen LogP) is 4.69. The lowest BCUT2D eigenvalue weighted by molar-refractivity contribution is -0.141. The minimum absolute atomic E-state index is 0.0311. The first-order valence-electron chi connectivity index (χ1n) is 9.42. The van der Waals surface area contributed by atoms with Gasteiger partial charge in [0, 0.05) is 24.0 Å². The summed E-state index contributed by atoms with van der Waals surface area (Å²) in [5.41, 5.74) is -0.540. The summed E-state index contributed by atoms with van der Waals surface area (Å²) < 4.78 is 43.5. The van der Waals surface area contributed by atoms with Crippen LogP contribution < -0.4 is 16.0 Å². The van der Waals surface area contributed by atoms with Crippen molar-refractivity contribution in [1.29, 1.82) is 0 Å². The fourth-order valence-corrected chi connectivity index (χ4v) is 2.59. The number of rotatable bonds is 6. The summed E-state index contributed by atoms with van der Waals surface area (Å²) in [6.07, 6.45) is -4.20. The van der Waals surface area contributed by atoms with E-state index >= 15 is 0 Å². The molecular formula is C20H20F3N7O2. The highest BCUT2D eigenvalue weighted by atomic mass is 19.4. The summed E-state index contributed by atoms with van der Waals surface area (Å²) in [6.45, 7) is 3.82. The molecule has 168 valence electrons. The molecule has 0 aliphatic carbocycles. The number of anilines is 4. The fraction of sp³-hybridized carbons (Fsp3) is 0.250. The molecular weight excluding hydrogens is 427 g/mol. The van der Waals surface area contributed by atoms with Crippen LogP contribution in [-0.2, 0) is 10.9 Å². The second kappa shape index (κ2) is 9.45. The molecule has 0 atom stereocenters. The molecule has 9 nitrogen and oxygen atoms in total. The summed E-state index contributed by atoms with van der Waals surface area (Å²) in [6, 6.07) is 8.71. The Labute approximate surface area is 181 Å². The first-order valence-corrected chi connectivity index (χ1v) is 9.42. The number of methoxy groups -OCH3 is 1. The number of pyridine rings is 2. The number of halogens is 3. The van der Waals surface area contributed by atoms with Gasteiger partial charge in [-0.25, -0.2) is 19.7 Å². The molecule has 0 aromatic carbocycles. The first-order chi connectivity index (χ1) is 15.1. The maximum absolute atomic E-state index is 13.0. The molecule has 3 aromatic rings. The number of nitrogens with one attached hydrogen (secondary N) is 3. The first kappa shape index (κ1) is 22.7. The summed E-state index contributed by atoms with van der Waals surface area (Å²) >= 11 is 0. The topological polar surface area (TPSA) is 114 Å². The highest BCUT2D eigenvalue weighted by Gasteiger charge is 2.32. The number of nitrogens with zero attached hydrogens (tertiary/aromatic N) is 4. The Bertz CT molecular complexity index is 1110. The van der Waals surface area contributed by atoms with Crippen molar-refractivity contribution >= 4 is 29.2 Å². The van der Waals surface area contributed by atoms with Crippen LogP contribution >= 0.6 is 0 Å². The Kier molecular flexibility index (Phi) is 6.71. The Morgan fingerprint density at radius 1 is 1.03 bits per heavy atom. The zero-order valence-electron chi connectivity index (χ0n) is 17.4. The molecule has 0 aliphatic heterocycles. The van der Waals surface area contributed by atoms with E-state index in [0.29, 0.717) is 11.5 Å². The molecule has 0 unspecified atom stereocenters. The van der Waals surface area contributed by atoms with Crippen LogP contribution in [0, 0.1) is 0 Å². The van der Waals surface area contributed by atoms with Crippen LogP contribution in [0.5, 0.6) is 0 Å². The van der Waals surface area contributed by atoms with Gasteiger partial charge in [-0.3, -0.25) is 10.3 Å². The van der Waals surface area contributed by atoms with Crippen LogP contribution in [0.3, 0.4) is 0 Å². The van der Waals surface area contributed by atoms with E-state index in [1.807, 2.05) is 13.8 Å². The van der Waals surface area contributed by atoms with Gasteiger partial charge in [0.25, 0.3) is 0 Å². The van der Waals surface area contributed by atoms with E-state index in [9.17, 15) is 18.0 Å². The molecule has 1 amide bonds. The second-order valence-corrected chi connectivity index (χ2v) is 6.84. The zero-order valence-corrected chi connectivity index (χ0v) is 17.4. The minimum atomic E-state index is -4.57. The van der Waals surface area contributed by atoms with Crippen molar-refractivity contribution < 1.29 is 22.7 Å². The normalized spacial score (nSPS) is 11.2. The molecule has 0 bridgehead atoms. The van der Waals surface area contributed by atoms with Gasteiger partial charge in [0.15, 0.2) is 5.82 Å².